The number of amides is 1. The average molecular weight is 343 g/mol. The van der Waals surface area contributed by atoms with Gasteiger partial charge in [-0.2, -0.15) is 5.10 Å². The largest absolute Gasteiger partial charge is 0.477 e. The standard InChI is InChI=1S/C16H14FN5O3/c1-8-4-9(2-3-10(8)17)6-19-15(23)12-5-13(16(24)25)22-14(21-12)11(18)7-20-22/h2-5,7H,6,18H2,1H3,(H,19,23)(H,24,25). The summed E-state index contributed by atoms with van der Waals surface area (Å²) in [6.07, 6.45) is 1.26. The second-order valence-electron chi connectivity index (χ2n) is 5.43. The van der Waals surface area contributed by atoms with Gasteiger partial charge in [-0.3, -0.25) is 4.79 Å². The number of carboxylic acids is 1. The number of nitrogens with two attached hydrogens (primary N) is 1. The quantitative estimate of drug-likeness (QED) is 0.658. The van der Waals surface area contributed by atoms with Crippen molar-refractivity contribution in [1.29, 1.82) is 0 Å². The van der Waals surface area contributed by atoms with Crippen LogP contribution in [0.2, 0.25) is 0 Å². The average Bonchev–Trinajstić information content (AvgIpc) is 2.96. The fourth-order valence-electron chi connectivity index (χ4n) is 2.34. The Balaban J connectivity index is 1.87. The molecular weight excluding hydrogens is 329 g/mol. The zero-order valence-corrected chi connectivity index (χ0v) is 13.2. The molecule has 0 aliphatic carbocycles. The highest BCUT2D eigenvalue weighted by Crippen LogP contribution is 2.14. The molecule has 0 aliphatic heterocycles. The van der Waals surface area contributed by atoms with Crippen molar-refractivity contribution >= 4 is 23.2 Å². The van der Waals surface area contributed by atoms with Crippen molar-refractivity contribution in [2.45, 2.75) is 13.5 Å². The van der Waals surface area contributed by atoms with Gasteiger partial charge in [-0.15, -0.1) is 0 Å². The summed E-state index contributed by atoms with van der Waals surface area (Å²) in [5, 5.41) is 15.7. The van der Waals surface area contributed by atoms with Gasteiger partial charge in [0, 0.05) is 12.6 Å². The number of fused-ring (bicyclic) bond motifs is 1. The summed E-state index contributed by atoms with van der Waals surface area (Å²) in [5.41, 5.74) is 6.78. The van der Waals surface area contributed by atoms with Crippen LogP contribution in [0, 0.1) is 12.7 Å². The van der Waals surface area contributed by atoms with Gasteiger partial charge in [0.05, 0.1) is 11.9 Å². The molecular formula is C16H14FN5O3. The molecule has 0 unspecified atom stereocenters. The molecule has 0 bridgehead atoms. The van der Waals surface area contributed by atoms with Crippen molar-refractivity contribution in [2.24, 2.45) is 0 Å². The third kappa shape index (κ3) is 3.11. The maximum absolute atomic E-state index is 13.3. The number of aryl methyl sites for hydroxylation is 1. The number of hydrogen-bond donors (Lipinski definition) is 3. The molecule has 0 aliphatic rings. The first-order valence-corrected chi connectivity index (χ1v) is 7.27. The number of halogens is 1. The lowest BCUT2D eigenvalue weighted by Gasteiger charge is -2.08. The zero-order chi connectivity index (χ0) is 18.1. The Hall–Kier alpha value is -3.49. The first kappa shape index (κ1) is 16.4. The van der Waals surface area contributed by atoms with Gasteiger partial charge in [-0.05, 0) is 24.1 Å². The number of hydrogen-bond acceptors (Lipinski definition) is 5. The molecule has 1 aromatic carbocycles. The summed E-state index contributed by atoms with van der Waals surface area (Å²) in [5.74, 6) is -2.17. The molecule has 0 saturated heterocycles. The van der Waals surface area contributed by atoms with Crippen LogP contribution in [0.3, 0.4) is 0 Å². The summed E-state index contributed by atoms with van der Waals surface area (Å²) < 4.78 is 14.3. The number of carbonyl (C=O) groups excluding carboxylic acids is 1. The van der Waals surface area contributed by atoms with E-state index < -0.39 is 11.9 Å². The Morgan fingerprint density at radius 1 is 1.36 bits per heavy atom. The summed E-state index contributed by atoms with van der Waals surface area (Å²) in [6.45, 7) is 1.77. The zero-order valence-electron chi connectivity index (χ0n) is 13.2. The van der Waals surface area contributed by atoms with Crippen molar-refractivity contribution in [3.63, 3.8) is 0 Å². The van der Waals surface area contributed by atoms with Gasteiger partial charge >= 0.3 is 5.97 Å². The SMILES string of the molecule is Cc1cc(CNC(=O)c2cc(C(=O)O)n3ncc(N)c3n2)ccc1F. The Bertz CT molecular complexity index is 999. The summed E-state index contributed by atoms with van der Waals surface area (Å²) >= 11 is 0. The maximum Gasteiger partial charge on any atom is 0.354 e. The minimum absolute atomic E-state index is 0.0858. The van der Waals surface area contributed by atoms with Crippen LogP contribution >= 0.6 is 0 Å². The molecule has 0 saturated carbocycles. The van der Waals surface area contributed by atoms with Crippen LogP contribution in [0.5, 0.6) is 0 Å². The lowest BCUT2D eigenvalue weighted by Crippen LogP contribution is -2.25. The van der Waals surface area contributed by atoms with Gasteiger partial charge in [-0.25, -0.2) is 18.7 Å². The van der Waals surface area contributed by atoms with Crippen LogP contribution in [0.25, 0.3) is 5.65 Å². The molecule has 25 heavy (non-hydrogen) atoms. The van der Waals surface area contributed by atoms with E-state index in [0.717, 1.165) is 10.6 Å². The normalized spacial score (nSPS) is 10.8. The molecule has 3 aromatic rings. The van der Waals surface area contributed by atoms with E-state index in [1.807, 2.05) is 0 Å². The van der Waals surface area contributed by atoms with Gasteiger partial charge in [0.15, 0.2) is 11.3 Å². The minimum Gasteiger partial charge on any atom is -0.477 e. The van der Waals surface area contributed by atoms with Crippen LogP contribution in [-0.2, 0) is 6.54 Å². The van der Waals surface area contributed by atoms with E-state index in [1.54, 1.807) is 19.1 Å². The van der Waals surface area contributed by atoms with Crippen molar-refractivity contribution in [1.82, 2.24) is 19.9 Å². The Labute approximate surface area is 141 Å². The number of carboxylic acid groups (broad SMARTS) is 1. The minimum atomic E-state index is -1.27. The lowest BCUT2D eigenvalue weighted by molar-refractivity contribution is 0.0687. The van der Waals surface area contributed by atoms with E-state index in [2.05, 4.69) is 15.4 Å². The Kier molecular flexibility index (Phi) is 4.05. The molecule has 128 valence electrons. The van der Waals surface area contributed by atoms with Crippen molar-refractivity contribution < 1.29 is 19.1 Å². The monoisotopic (exact) mass is 343 g/mol. The predicted octanol–water partition coefficient (Wildman–Crippen LogP) is 1.39. The number of nitrogens with one attached hydrogen (secondary N) is 1. The van der Waals surface area contributed by atoms with E-state index in [4.69, 9.17) is 5.73 Å². The molecule has 0 spiro atoms. The number of aromatic nitrogens is 3. The molecule has 1 amide bonds. The molecule has 3 rings (SSSR count). The van der Waals surface area contributed by atoms with Gasteiger partial charge < -0.3 is 16.2 Å². The van der Waals surface area contributed by atoms with Gasteiger partial charge in [0.25, 0.3) is 5.91 Å². The van der Waals surface area contributed by atoms with Crippen LogP contribution < -0.4 is 11.1 Å². The first-order valence-electron chi connectivity index (χ1n) is 7.27. The van der Waals surface area contributed by atoms with Gasteiger partial charge in [-0.1, -0.05) is 12.1 Å². The van der Waals surface area contributed by atoms with Crippen molar-refractivity contribution in [3.05, 3.63) is 58.8 Å². The van der Waals surface area contributed by atoms with E-state index in [9.17, 15) is 19.1 Å². The molecule has 0 radical (unpaired) electrons. The molecule has 0 fully saturated rings. The molecule has 2 heterocycles. The number of aromatic carboxylic acids is 1. The Morgan fingerprint density at radius 3 is 2.80 bits per heavy atom. The van der Waals surface area contributed by atoms with Crippen LogP contribution in [0.4, 0.5) is 10.1 Å². The lowest BCUT2D eigenvalue weighted by atomic mass is 10.1. The number of nitrogens with zero attached hydrogens (tertiary/aromatic N) is 3. The smallest absolute Gasteiger partial charge is 0.354 e. The second-order valence-corrected chi connectivity index (χ2v) is 5.43. The van der Waals surface area contributed by atoms with Gasteiger partial charge in [0.1, 0.15) is 11.5 Å². The number of anilines is 1. The molecule has 2 aromatic heterocycles. The molecule has 4 N–H and O–H groups in total. The van der Waals surface area contributed by atoms with E-state index in [1.165, 1.54) is 12.3 Å². The summed E-state index contributed by atoms with van der Waals surface area (Å²) in [7, 11) is 0. The highest BCUT2D eigenvalue weighted by Gasteiger charge is 2.18. The summed E-state index contributed by atoms with van der Waals surface area (Å²) in [4.78, 5) is 27.7. The number of benzene rings is 1. The molecule has 9 heteroatoms. The van der Waals surface area contributed by atoms with Crippen LogP contribution in [-0.4, -0.2) is 31.6 Å². The predicted molar refractivity (Wildman–Crippen MR) is 86.7 cm³/mol. The highest BCUT2D eigenvalue weighted by molar-refractivity contribution is 5.96. The third-order valence-electron chi connectivity index (χ3n) is 3.63. The van der Waals surface area contributed by atoms with Crippen molar-refractivity contribution in [2.75, 3.05) is 5.73 Å². The van der Waals surface area contributed by atoms with Crippen LogP contribution in [0.15, 0.2) is 30.5 Å². The fourth-order valence-corrected chi connectivity index (χ4v) is 2.34. The second kappa shape index (κ2) is 6.19. The molecule has 8 nitrogen and oxygen atoms in total. The first-order chi connectivity index (χ1) is 11.9. The van der Waals surface area contributed by atoms with E-state index in [0.29, 0.717) is 11.1 Å². The molecule has 0 atom stereocenters. The van der Waals surface area contributed by atoms with Crippen molar-refractivity contribution in [3.8, 4) is 0 Å². The maximum atomic E-state index is 13.3. The van der Waals surface area contributed by atoms with E-state index in [-0.39, 0.29) is 35.1 Å². The number of nitrogen functional groups attached to an aromatic ring is 1. The van der Waals surface area contributed by atoms with Gasteiger partial charge in [0.2, 0.25) is 0 Å². The Morgan fingerprint density at radius 2 is 2.12 bits per heavy atom. The number of carbonyl (C=O) groups is 2. The van der Waals surface area contributed by atoms with E-state index >= 15 is 0 Å². The van der Waals surface area contributed by atoms with Crippen LogP contribution in [0.1, 0.15) is 32.1 Å². The number of rotatable bonds is 4. The topological polar surface area (TPSA) is 123 Å². The summed E-state index contributed by atoms with van der Waals surface area (Å²) in [6, 6.07) is 5.60. The third-order valence-corrected chi connectivity index (χ3v) is 3.63. The fraction of sp³-hybridized carbons (Fsp3) is 0.125. The highest BCUT2D eigenvalue weighted by atomic mass is 19.1.